The second-order valence-corrected chi connectivity index (χ2v) is 4.44. The molecule has 110 valence electrons. The van der Waals surface area contributed by atoms with Gasteiger partial charge >= 0.3 is 0 Å². The van der Waals surface area contributed by atoms with Gasteiger partial charge in [-0.1, -0.05) is 12.1 Å². The number of nitrogens with one attached hydrogen (secondary N) is 2. The van der Waals surface area contributed by atoms with Crippen molar-refractivity contribution in [1.82, 2.24) is 10.3 Å². The highest BCUT2D eigenvalue weighted by molar-refractivity contribution is 5.98. The highest BCUT2D eigenvalue weighted by Gasteiger charge is 2.12. The fourth-order valence-electron chi connectivity index (χ4n) is 1.92. The van der Waals surface area contributed by atoms with Crippen molar-refractivity contribution in [3.05, 3.63) is 59.3 Å². The molecule has 0 unspecified atom stereocenters. The Morgan fingerprint density at radius 1 is 1.24 bits per heavy atom. The molecule has 0 bridgehead atoms. The zero-order chi connectivity index (χ0) is 15.2. The van der Waals surface area contributed by atoms with Gasteiger partial charge in [-0.3, -0.25) is 4.79 Å². The van der Waals surface area contributed by atoms with Crippen molar-refractivity contribution in [3.8, 4) is 0 Å². The summed E-state index contributed by atoms with van der Waals surface area (Å²) in [6.45, 7) is 0.321. The first kappa shape index (κ1) is 14.9. The molecule has 0 spiro atoms. The van der Waals surface area contributed by atoms with Gasteiger partial charge in [0.2, 0.25) is 0 Å². The standard InChI is InChI=1S/C15H15F2N3O/c1-18-14-13(8-12(17)9-20-14)15(21)19-6-5-10-3-2-4-11(16)7-10/h2-4,7-9H,5-6H2,1H3,(H,18,20)(H,19,21). The second kappa shape index (κ2) is 6.78. The van der Waals surface area contributed by atoms with Crippen LogP contribution in [-0.2, 0) is 6.42 Å². The predicted octanol–water partition coefficient (Wildman–Crippen LogP) is 2.37. The fourth-order valence-corrected chi connectivity index (χ4v) is 1.92. The van der Waals surface area contributed by atoms with Gasteiger partial charge in [0.15, 0.2) is 0 Å². The average Bonchev–Trinajstić information content (AvgIpc) is 2.47. The predicted molar refractivity (Wildman–Crippen MR) is 76.2 cm³/mol. The van der Waals surface area contributed by atoms with Crippen molar-refractivity contribution in [2.24, 2.45) is 0 Å². The van der Waals surface area contributed by atoms with Gasteiger partial charge in [0.25, 0.3) is 5.91 Å². The van der Waals surface area contributed by atoms with Crippen LogP contribution in [0.1, 0.15) is 15.9 Å². The molecule has 4 nitrogen and oxygen atoms in total. The third kappa shape index (κ3) is 3.98. The second-order valence-electron chi connectivity index (χ2n) is 4.44. The summed E-state index contributed by atoms with van der Waals surface area (Å²) < 4.78 is 26.2. The lowest BCUT2D eigenvalue weighted by molar-refractivity contribution is 0.0954. The molecule has 2 N–H and O–H groups in total. The number of hydrogen-bond acceptors (Lipinski definition) is 3. The third-order valence-electron chi connectivity index (χ3n) is 2.92. The van der Waals surface area contributed by atoms with Gasteiger partial charge in [-0.2, -0.15) is 0 Å². The van der Waals surface area contributed by atoms with E-state index in [1.165, 1.54) is 12.1 Å². The number of anilines is 1. The summed E-state index contributed by atoms with van der Waals surface area (Å²) in [4.78, 5) is 15.8. The Hall–Kier alpha value is -2.50. The van der Waals surface area contributed by atoms with Crippen LogP contribution in [0.3, 0.4) is 0 Å². The third-order valence-corrected chi connectivity index (χ3v) is 2.92. The van der Waals surface area contributed by atoms with Crippen LogP contribution >= 0.6 is 0 Å². The van der Waals surface area contributed by atoms with E-state index < -0.39 is 11.7 Å². The smallest absolute Gasteiger partial charge is 0.255 e. The summed E-state index contributed by atoms with van der Waals surface area (Å²) in [6.07, 6.45) is 1.52. The van der Waals surface area contributed by atoms with E-state index in [1.54, 1.807) is 19.2 Å². The van der Waals surface area contributed by atoms with Gasteiger partial charge in [-0.05, 0) is 30.2 Å². The minimum Gasteiger partial charge on any atom is -0.372 e. The van der Waals surface area contributed by atoms with E-state index in [1.807, 2.05) is 0 Å². The Morgan fingerprint density at radius 2 is 2.05 bits per heavy atom. The zero-order valence-corrected chi connectivity index (χ0v) is 11.5. The minimum absolute atomic E-state index is 0.136. The van der Waals surface area contributed by atoms with Crippen molar-refractivity contribution in [1.29, 1.82) is 0 Å². The summed E-state index contributed by atoms with van der Waals surface area (Å²) in [5.74, 6) is -1.02. The molecule has 0 saturated carbocycles. The van der Waals surface area contributed by atoms with Gasteiger partial charge < -0.3 is 10.6 Å². The quantitative estimate of drug-likeness (QED) is 0.889. The summed E-state index contributed by atoms with van der Waals surface area (Å²) in [7, 11) is 1.60. The molecule has 0 saturated heterocycles. The summed E-state index contributed by atoms with van der Waals surface area (Å²) in [6, 6.07) is 7.28. The molecule has 1 heterocycles. The lowest BCUT2D eigenvalue weighted by Crippen LogP contribution is -2.26. The molecule has 0 aliphatic heterocycles. The lowest BCUT2D eigenvalue weighted by Gasteiger charge is -2.09. The van der Waals surface area contributed by atoms with Crippen molar-refractivity contribution in [3.63, 3.8) is 0 Å². The number of nitrogens with zero attached hydrogens (tertiary/aromatic N) is 1. The Kier molecular flexibility index (Phi) is 4.81. The molecule has 0 aliphatic rings. The first-order chi connectivity index (χ1) is 10.1. The number of pyridine rings is 1. The number of amides is 1. The van der Waals surface area contributed by atoms with Crippen molar-refractivity contribution >= 4 is 11.7 Å². The monoisotopic (exact) mass is 291 g/mol. The Bertz CT molecular complexity index is 647. The molecule has 0 atom stereocenters. The van der Waals surface area contributed by atoms with Crippen LogP contribution in [0, 0.1) is 11.6 Å². The molecular weight excluding hydrogens is 276 g/mol. The molecule has 6 heteroatoms. The molecule has 0 aliphatic carbocycles. The number of benzene rings is 1. The maximum Gasteiger partial charge on any atom is 0.255 e. The number of aromatic nitrogens is 1. The normalized spacial score (nSPS) is 10.2. The molecule has 0 fully saturated rings. The Morgan fingerprint density at radius 3 is 2.76 bits per heavy atom. The van der Waals surface area contributed by atoms with Crippen LogP contribution in [-0.4, -0.2) is 24.5 Å². The van der Waals surface area contributed by atoms with Gasteiger partial charge in [-0.15, -0.1) is 0 Å². The number of rotatable bonds is 5. The van der Waals surface area contributed by atoms with Gasteiger partial charge in [0.05, 0.1) is 11.8 Å². The summed E-state index contributed by atoms with van der Waals surface area (Å²) >= 11 is 0. The van der Waals surface area contributed by atoms with Crippen LogP contribution < -0.4 is 10.6 Å². The highest BCUT2D eigenvalue weighted by atomic mass is 19.1. The van der Waals surface area contributed by atoms with Gasteiger partial charge in [-0.25, -0.2) is 13.8 Å². The lowest BCUT2D eigenvalue weighted by atomic mass is 10.1. The average molecular weight is 291 g/mol. The summed E-state index contributed by atoms with van der Waals surface area (Å²) in [5, 5.41) is 5.39. The van der Waals surface area contributed by atoms with Gasteiger partial charge in [0, 0.05) is 13.6 Å². The van der Waals surface area contributed by atoms with E-state index in [-0.39, 0.29) is 11.4 Å². The maximum atomic E-state index is 13.2. The van der Waals surface area contributed by atoms with E-state index in [4.69, 9.17) is 0 Å². The van der Waals surface area contributed by atoms with Crippen molar-refractivity contribution in [2.45, 2.75) is 6.42 Å². The topological polar surface area (TPSA) is 54.0 Å². The molecule has 1 aromatic heterocycles. The van der Waals surface area contributed by atoms with E-state index in [9.17, 15) is 13.6 Å². The largest absolute Gasteiger partial charge is 0.372 e. The molecule has 2 aromatic rings. The van der Waals surface area contributed by atoms with Crippen LogP contribution in [0.25, 0.3) is 0 Å². The first-order valence-corrected chi connectivity index (χ1v) is 6.46. The zero-order valence-electron chi connectivity index (χ0n) is 11.5. The van der Waals surface area contributed by atoms with E-state index in [0.29, 0.717) is 18.8 Å². The fraction of sp³-hybridized carbons (Fsp3) is 0.200. The first-order valence-electron chi connectivity index (χ1n) is 6.46. The summed E-state index contributed by atoms with van der Waals surface area (Å²) in [5.41, 5.74) is 0.915. The number of hydrogen-bond donors (Lipinski definition) is 2. The molecular formula is C15H15F2N3O. The Labute approximate surface area is 121 Å². The molecule has 0 radical (unpaired) electrons. The van der Waals surface area contributed by atoms with Crippen molar-refractivity contribution < 1.29 is 13.6 Å². The van der Waals surface area contributed by atoms with Crippen LogP contribution in [0.15, 0.2) is 36.5 Å². The molecule has 21 heavy (non-hydrogen) atoms. The molecule has 1 amide bonds. The van der Waals surface area contributed by atoms with Crippen LogP contribution in [0.5, 0.6) is 0 Å². The van der Waals surface area contributed by atoms with Gasteiger partial charge in [0.1, 0.15) is 17.5 Å². The van der Waals surface area contributed by atoms with Crippen LogP contribution in [0.2, 0.25) is 0 Å². The van der Waals surface area contributed by atoms with E-state index in [2.05, 4.69) is 15.6 Å². The van der Waals surface area contributed by atoms with Crippen molar-refractivity contribution in [2.75, 3.05) is 18.9 Å². The van der Waals surface area contributed by atoms with Crippen LogP contribution in [0.4, 0.5) is 14.6 Å². The van der Waals surface area contributed by atoms with E-state index >= 15 is 0 Å². The number of carbonyl (C=O) groups excluding carboxylic acids is 1. The van der Waals surface area contributed by atoms with E-state index in [0.717, 1.165) is 17.8 Å². The number of halogens is 2. The SMILES string of the molecule is CNc1ncc(F)cc1C(=O)NCCc1cccc(F)c1. The molecule has 1 aromatic carbocycles. The highest BCUT2D eigenvalue weighted by Crippen LogP contribution is 2.12. The maximum absolute atomic E-state index is 13.2. The minimum atomic E-state index is -0.579. The molecule has 2 rings (SSSR count). The number of carbonyl (C=O) groups is 1. The Balaban J connectivity index is 1.97.